The summed E-state index contributed by atoms with van der Waals surface area (Å²) in [6.07, 6.45) is 1.73. The highest BCUT2D eigenvalue weighted by Crippen LogP contribution is 2.22. The highest BCUT2D eigenvalue weighted by molar-refractivity contribution is 5.92. The lowest BCUT2D eigenvalue weighted by atomic mass is 10.0. The first-order valence-electron chi connectivity index (χ1n) is 8.82. The van der Waals surface area contributed by atoms with Gasteiger partial charge in [0.25, 0.3) is 5.91 Å². The van der Waals surface area contributed by atoms with E-state index < -0.39 is 0 Å². The molecule has 0 aliphatic carbocycles. The molecule has 1 fully saturated rings. The van der Waals surface area contributed by atoms with E-state index in [0.29, 0.717) is 19.6 Å². The molecule has 1 saturated heterocycles. The average Bonchev–Trinajstić information content (AvgIpc) is 3.10. The van der Waals surface area contributed by atoms with Gasteiger partial charge in [-0.05, 0) is 35.7 Å². The van der Waals surface area contributed by atoms with E-state index in [1.54, 1.807) is 29.2 Å². The van der Waals surface area contributed by atoms with Crippen molar-refractivity contribution in [2.45, 2.75) is 32.9 Å². The molecule has 1 aliphatic rings. The Morgan fingerprint density at radius 2 is 2.00 bits per heavy atom. The normalized spacial score (nSPS) is 18.3. The standard InChI is InChI=1S/C20H23FN2O3/c1-14(2)17-13-22(20(25)18-4-3-11-26-18)10-9-19(24)23(17)12-15-5-7-16(21)8-6-15/h3-8,11,14,17H,9-10,12-13H2,1-2H3/t17-/m1/s1. The van der Waals surface area contributed by atoms with E-state index in [1.807, 2.05) is 18.7 Å². The van der Waals surface area contributed by atoms with E-state index in [4.69, 9.17) is 4.42 Å². The molecule has 2 aromatic rings. The average molecular weight is 358 g/mol. The van der Waals surface area contributed by atoms with Crippen molar-refractivity contribution in [1.82, 2.24) is 9.80 Å². The highest BCUT2D eigenvalue weighted by Gasteiger charge is 2.34. The van der Waals surface area contributed by atoms with Crippen molar-refractivity contribution in [2.24, 2.45) is 5.92 Å². The second-order valence-electron chi connectivity index (χ2n) is 6.94. The zero-order valence-electron chi connectivity index (χ0n) is 15.0. The number of amides is 2. The minimum absolute atomic E-state index is 0.00256. The third kappa shape index (κ3) is 3.95. The van der Waals surface area contributed by atoms with Gasteiger partial charge in [-0.25, -0.2) is 4.39 Å². The summed E-state index contributed by atoms with van der Waals surface area (Å²) in [5, 5.41) is 0. The smallest absolute Gasteiger partial charge is 0.289 e. The van der Waals surface area contributed by atoms with Crippen molar-refractivity contribution < 1.29 is 18.4 Å². The number of benzene rings is 1. The molecule has 2 heterocycles. The van der Waals surface area contributed by atoms with Gasteiger partial charge in [-0.2, -0.15) is 0 Å². The summed E-state index contributed by atoms with van der Waals surface area (Å²) in [7, 11) is 0. The molecule has 6 heteroatoms. The van der Waals surface area contributed by atoms with Crippen LogP contribution >= 0.6 is 0 Å². The largest absolute Gasteiger partial charge is 0.459 e. The number of carbonyl (C=O) groups excluding carboxylic acids is 2. The maximum atomic E-state index is 13.2. The molecule has 0 saturated carbocycles. The fourth-order valence-corrected chi connectivity index (χ4v) is 3.28. The molecule has 0 unspecified atom stereocenters. The van der Waals surface area contributed by atoms with E-state index in [-0.39, 0.29) is 41.8 Å². The van der Waals surface area contributed by atoms with E-state index in [9.17, 15) is 14.0 Å². The van der Waals surface area contributed by atoms with Crippen LogP contribution in [0.15, 0.2) is 47.1 Å². The summed E-state index contributed by atoms with van der Waals surface area (Å²) in [6.45, 7) is 5.29. The number of rotatable bonds is 4. The lowest BCUT2D eigenvalue weighted by Crippen LogP contribution is -2.47. The minimum Gasteiger partial charge on any atom is -0.459 e. The molecule has 1 aromatic heterocycles. The minimum atomic E-state index is -0.299. The van der Waals surface area contributed by atoms with Gasteiger partial charge in [-0.1, -0.05) is 26.0 Å². The Labute approximate surface area is 152 Å². The fraction of sp³-hybridized carbons (Fsp3) is 0.400. The first-order valence-corrected chi connectivity index (χ1v) is 8.82. The highest BCUT2D eigenvalue weighted by atomic mass is 19.1. The van der Waals surface area contributed by atoms with E-state index in [0.717, 1.165) is 5.56 Å². The van der Waals surface area contributed by atoms with Crippen molar-refractivity contribution in [3.05, 3.63) is 59.8 Å². The fourth-order valence-electron chi connectivity index (χ4n) is 3.28. The van der Waals surface area contributed by atoms with E-state index in [2.05, 4.69) is 0 Å². The Bertz CT molecular complexity index is 756. The Balaban J connectivity index is 1.81. The molecule has 1 atom stereocenters. The second-order valence-corrected chi connectivity index (χ2v) is 6.94. The van der Waals surface area contributed by atoms with E-state index >= 15 is 0 Å². The summed E-state index contributed by atoms with van der Waals surface area (Å²) in [5.41, 5.74) is 0.871. The van der Waals surface area contributed by atoms with Crippen LogP contribution in [0.1, 0.15) is 36.4 Å². The zero-order valence-corrected chi connectivity index (χ0v) is 15.0. The van der Waals surface area contributed by atoms with Crippen LogP contribution in [0.25, 0.3) is 0 Å². The molecule has 26 heavy (non-hydrogen) atoms. The maximum absolute atomic E-state index is 13.2. The number of hydrogen-bond acceptors (Lipinski definition) is 3. The lowest BCUT2D eigenvalue weighted by Gasteiger charge is -2.34. The molecule has 138 valence electrons. The maximum Gasteiger partial charge on any atom is 0.289 e. The predicted molar refractivity (Wildman–Crippen MR) is 94.8 cm³/mol. The summed E-state index contributed by atoms with van der Waals surface area (Å²) >= 11 is 0. The van der Waals surface area contributed by atoms with Crippen LogP contribution in [0, 0.1) is 11.7 Å². The SMILES string of the molecule is CC(C)[C@H]1CN(C(=O)c2ccco2)CCC(=O)N1Cc1ccc(F)cc1. The van der Waals surface area contributed by atoms with Crippen LogP contribution in [-0.2, 0) is 11.3 Å². The van der Waals surface area contributed by atoms with Crippen molar-refractivity contribution in [3.8, 4) is 0 Å². The molecular weight excluding hydrogens is 335 g/mol. The molecule has 0 bridgehead atoms. The van der Waals surface area contributed by atoms with Crippen LogP contribution in [0.3, 0.4) is 0 Å². The quantitative estimate of drug-likeness (QED) is 0.842. The summed E-state index contributed by atoms with van der Waals surface area (Å²) in [4.78, 5) is 28.9. The van der Waals surface area contributed by atoms with Crippen molar-refractivity contribution in [2.75, 3.05) is 13.1 Å². The molecule has 5 nitrogen and oxygen atoms in total. The number of hydrogen-bond donors (Lipinski definition) is 0. The molecular formula is C20H23FN2O3. The van der Waals surface area contributed by atoms with E-state index in [1.165, 1.54) is 18.4 Å². The Kier molecular flexibility index (Phi) is 5.40. The summed E-state index contributed by atoms with van der Waals surface area (Å²) < 4.78 is 18.4. The summed E-state index contributed by atoms with van der Waals surface area (Å²) in [6, 6.07) is 9.37. The first-order chi connectivity index (χ1) is 12.5. The molecule has 3 rings (SSSR count). The topological polar surface area (TPSA) is 53.8 Å². The van der Waals surface area contributed by atoms with Crippen molar-refractivity contribution in [3.63, 3.8) is 0 Å². The third-order valence-corrected chi connectivity index (χ3v) is 4.78. The van der Waals surface area contributed by atoms with Gasteiger partial charge in [0.2, 0.25) is 5.91 Å². The van der Waals surface area contributed by atoms with Gasteiger partial charge in [-0.3, -0.25) is 9.59 Å². The van der Waals surface area contributed by atoms with Crippen LogP contribution in [0.5, 0.6) is 0 Å². The molecule has 0 radical (unpaired) electrons. The third-order valence-electron chi connectivity index (χ3n) is 4.78. The van der Waals surface area contributed by atoms with Gasteiger partial charge in [0, 0.05) is 26.1 Å². The second kappa shape index (κ2) is 7.72. The monoisotopic (exact) mass is 358 g/mol. The van der Waals surface area contributed by atoms with Gasteiger partial charge in [0.15, 0.2) is 5.76 Å². The number of nitrogens with zero attached hydrogens (tertiary/aromatic N) is 2. The van der Waals surface area contributed by atoms with Gasteiger partial charge in [0.05, 0.1) is 12.3 Å². The predicted octanol–water partition coefficient (Wildman–Crippen LogP) is 3.32. The molecule has 0 spiro atoms. The number of halogens is 1. The molecule has 0 N–H and O–H groups in total. The number of carbonyl (C=O) groups is 2. The van der Waals surface area contributed by atoms with Gasteiger partial charge in [0.1, 0.15) is 5.82 Å². The van der Waals surface area contributed by atoms with Gasteiger partial charge in [-0.15, -0.1) is 0 Å². The molecule has 2 amide bonds. The van der Waals surface area contributed by atoms with Crippen LogP contribution in [0.2, 0.25) is 0 Å². The summed E-state index contributed by atoms with van der Waals surface area (Å²) in [5.74, 6) is -0.0391. The van der Waals surface area contributed by atoms with Crippen LogP contribution in [-0.4, -0.2) is 40.7 Å². The van der Waals surface area contributed by atoms with Crippen molar-refractivity contribution in [1.29, 1.82) is 0 Å². The molecule has 1 aromatic carbocycles. The van der Waals surface area contributed by atoms with Crippen LogP contribution < -0.4 is 0 Å². The molecule has 1 aliphatic heterocycles. The van der Waals surface area contributed by atoms with Crippen molar-refractivity contribution >= 4 is 11.8 Å². The van der Waals surface area contributed by atoms with Gasteiger partial charge >= 0.3 is 0 Å². The number of furan rings is 1. The first kappa shape index (κ1) is 18.2. The van der Waals surface area contributed by atoms with Gasteiger partial charge < -0.3 is 14.2 Å². The van der Waals surface area contributed by atoms with Crippen LogP contribution in [0.4, 0.5) is 4.39 Å². The Morgan fingerprint density at radius 1 is 1.27 bits per heavy atom. The Hall–Kier alpha value is -2.63. The zero-order chi connectivity index (χ0) is 18.7. The Morgan fingerprint density at radius 3 is 2.62 bits per heavy atom. The lowest BCUT2D eigenvalue weighted by molar-refractivity contribution is -0.134.